The molecule has 154 valence electrons. The van der Waals surface area contributed by atoms with Crippen molar-refractivity contribution in [2.75, 3.05) is 31.7 Å². The van der Waals surface area contributed by atoms with Gasteiger partial charge in [-0.3, -0.25) is 4.99 Å². The van der Waals surface area contributed by atoms with Gasteiger partial charge in [0.2, 0.25) is 0 Å². The van der Waals surface area contributed by atoms with E-state index in [0.29, 0.717) is 30.8 Å². The highest BCUT2D eigenvalue weighted by molar-refractivity contribution is 14.0. The molecule has 6 nitrogen and oxygen atoms in total. The quantitative estimate of drug-likeness (QED) is 0.336. The van der Waals surface area contributed by atoms with E-state index in [0.717, 1.165) is 17.7 Å². The molecule has 1 fully saturated rings. The Morgan fingerprint density at radius 3 is 2.44 bits per heavy atom. The lowest BCUT2D eigenvalue weighted by Gasteiger charge is -2.20. The van der Waals surface area contributed by atoms with Crippen LogP contribution in [0.4, 0.5) is 0 Å². The third-order valence-corrected chi connectivity index (χ3v) is 6.26. The van der Waals surface area contributed by atoms with E-state index in [9.17, 15) is 8.42 Å². The molecule has 1 aromatic rings. The van der Waals surface area contributed by atoms with Crippen LogP contribution in [0.1, 0.15) is 38.8 Å². The minimum Gasteiger partial charge on any atom is -0.493 e. The number of guanidine groups is 1. The Balaban J connectivity index is 0.00000364. The number of nitrogens with one attached hydrogen (secondary N) is 2. The van der Waals surface area contributed by atoms with Crippen molar-refractivity contribution < 1.29 is 13.2 Å². The van der Waals surface area contributed by atoms with Gasteiger partial charge in [-0.05, 0) is 42.9 Å². The Labute approximate surface area is 180 Å². The van der Waals surface area contributed by atoms with Gasteiger partial charge in [0.05, 0.1) is 24.2 Å². The van der Waals surface area contributed by atoms with Crippen molar-refractivity contribution >= 4 is 39.8 Å². The maximum Gasteiger partial charge on any atom is 0.191 e. The summed E-state index contributed by atoms with van der Waals surface area (Å²) in [6.45, 7) is 7.64. The fourth-order valence-electron chi connectivity index (χ4n) is 2.87. The van der Waals surface area contributed by atoms with E-state index in [1.807, 2.05) is 24.3 Å². The van der Waals surface area contributed by atoms with Crippen LogP contribution >= 0.6 is 24.0 Å². The smallest absolute Gasteiger partial charge is 0.191 e. The average molecular weight is 509 g/mol. The van der Waals surface area contributed by atoms with Gasteiger partial charge in [0.15, 0.2) is 15.8 Å². The molecule has 0 radical (unpaired) electrons. The second-order valence-electron chi connectivity index (χ2n) is 7.36. The van der Waals surface area contributed by atoms with Gasteiger partial charge < -0.3 is 15.4 Å². The minimum atomic E-state index is -2.84. The fraction of sp³-hybridized carbons (Fsp3) is 0.632. The molecule has 0 spiro atoms. The summed E-state index contributed by atoms with van der Waals surface area (Å²) in [4.78, 5) is 4.24. The summed E-state index contributed by atoms with van der Waals surface area (Å²) in [7, 11) is -1.12. The molecular weight excluding hydrogens is 477 g/mol. The van der Waals surface area contributed by atoms with E-state index in [-0.39, 0.29) is 41.7 Å². The van der Waals surface area contributed by atoms with E-state index in [1.54, 1.807) is 7.05 Å². The van der Waals surface area contributed by atoms with E-state index in [1.165, 1.54) is 0 Å². The largest absolute Gasteiger partial charge is 0.493 e. The second kappa shape index (κ2) is 11.1. The number of rotatable bonds is 7. The molecule has 0 aromatic heterocycles. The van der Waals surface area contributed by atoms with Gasteiger partial charge in [-0.25, -0.2) is 8.42 Å². The average Bonchev–Trinajstić information content (AvgIpc) is 2.96. The first kappa shape index (κ1) is 24.0. The first-order valence-corrected chi connectivity index (χ1v) is 11.0. The van der Waals surface area contributed by atoms with Crippen molar-refractivity contribution in [3.63, 3.8) is 0 Å². The highest BCUT2D eigenvalue weighted by Gasteiger charge is 2.27. The first-order chi connectivity index (χ1) is 12.3. The van der Waals surface area contributed by atoms with Crippen molar-refractivity contribution in [2.24, 2.45) is 16.8 Å². The van der Waals surface area contributed by atoms with Gasteiger partial charge in [-0.1, -0.05) is 26.0 Å². The Kier molecular flexibility index (Phi) is 9.86. The number of halogens is 1. The van der Waals surface area contributed by atoms with Crippen LogP contribution in [0, 0.1) is 11.8 Å². The fourth-order valence-corrected chi connectivity index (χ4v) is 4.73. The molecular formula is C19H32IN3O3S. The summed E-state index contributed by atoms with van der Waals surface area (Å²) in [5, 5.41) is 6.59. The minimum absolute atomic E-state index is 0. The van der Waals surface area contributed by atoms with E-state index < -0.39 is 9.84 Å². The lowest BCUT2D eigenvalue weighted by atomic mass is 10.1. The molecule has 2 rings (SSSR count). The Hall–Kier alpha value is -1.03. The molecule has 2 N–H and O–H groups in total. The van der Waals surface area contributed by atoms with Crippen LogP contribution in [0.3, 0.4) is 0 Å². The lowest BCUT2D eigenvalue weighted by molar-refractivity contribution is 0.271. The van der Waals surface area contributed by atoms with Crippen LogP contribution < -0.4 is 15.4 Å². The number of hydrogen-bond donors (Lipinski definition) is 2. The summed E-state index contributed by atoms with van der Waals surface area (Å²) in [6.07, 6.45) is 0.722. The van der Waals surface area contributed by atoms with Gasteiger partial charge in [0.25, 0.3) is 0 Å². The molecule has 1 saturated heterocycles. The van der Waals surface area contributed by atoms with Gasteiger partial charge in [-0.15, -0.1) is 24.0 Å². The number of aliphatic imine (C=N–C) groups is 1. The molecule has 1 aliphatic heterocycles. The molecule has 0 amide bonds. The molecule has 0 aliphatic carbocycles. The van der Waals surface area contributed by atoms with Crippen LogP contribution in [-0.2, 0) is 9.84 Å². The molecule has 1 aliphatic rings. The topological polar surface area (TPSA) is 79.8 Å². The lowest BCUT2D eigenvalue weighted by Crippen LogP contribution is -2.41. The Bertz CT molecular complexity index is 705. The number of nitrogens with zero attached hydrogens (tertiary/aromatic N) is 1. The van der Waals surface area contributed by atoms with Gasteiger partial charge >= 0.3 is 0 Å². The van der Waals surface area contributed by atoms with Crippen molar-refractivity contribution in [1.82, 2.24) is 10.6 Å². The summed E-state index contributed by atoms with van der Waals surface area (Å²) < 4.78 is 28.8. The van der Waals surface area contributed by atoms with Crippen molar-refractivity contribution in [2.45, 2.75) is 33.2 Å². The van der Waals surface area contributed by atoms with Gasteiger partial charge in [0.1, 0.15) is 5.75 Å². The van der Waals surface area contributed by atoms with Crippen molar-refractivity contribution in [3.8, 4) is 5.75 Å². The summed E-state index contributed by atoms with van der Waals surface area (Å²) in [5.74, 6) is 2.78. The second-order valence-corrected chi connectivity index (χ2v) is 9.59. The van der Waals surface area contributed by atoms with Crippen LogP contribution in [0.15, 0.2) is 29.3 Å². The van der Waals surface area contributed by atoms with Crippen LogP contribution in [-0.4, -0.2) is 46.1 Å². The third kappa shape index (κ3) is 8.25. The maximum absolute atomic E-state index is 11.5. The van der Waals surface area contributed by atoms with Gasteiger partial charge in [-0.2, -0.15) is 0 Å². The van der Waals surface area contributed by atoms with E-state index in [2.05, 4.69) is 36.4 Å². The zero-order chi connectivity index (χ0) is 19.2. The molecule has 2 atom stereocenters. The third-order valence-electron chi connectivity index (χ3n) is 4.43. The Morgan fingerprint density at radius 2 is 1.93 bits per heavy atom. The number of sulfone groups is 1. The summed E-state index contributed by atoms with van der Waals surface area (Å²) >= 11 is 0. The van der Waals surface area contributed by atoms with Crippen LogP contribution in [0.25, 0.3) is 0 Å². The van der Waals surface area contributed by atoms with E-state index >= 15 is 0 Å². The van der Waals surface area contributed by atoms with Crippen molar-refractivity contribution in [1.29, 1.82) is 0 Å². The highest BCUT2D eigenvalue weighted by atomic mass is 127. The summed E-state index contributed by atoms with van der Waals surface area (Å²) in [6, 6.07) is 8.13. The van der Waals surface area contributed by atoms with Gasteiger partial charge in [0, 0.05) is 13.6 Å². The number of ether oxygens (including phenoxy) is 1. The van der Waals surface area contributed by atoms with Crippen molar-refractivity contribution in [3.05, 3.63) is 29.8 Å². The van der Waals surface area contributed by atoms with Crippen LogP contribution in [0.2, 0.25) is 0 Å². The predicted octanol–water partition coefficient (Wildman–Crippen LogP) is 3.00. The Morgan fingerprint density at radius 1 is 1.26 bits per heavy atom. The normalized spacial score (nSPS) is 20.0. The monoisotopic (exact) mass is 509 g/mol. The molecule has 8 heteroatoms. The molecule has 1 heterocycles. The zero-order valence-electron chi connectivity index (χ0n) is 16.6. The first-order valence-electron chi connectivity index (χ1n) is 9.19. The molecule has 27 heavy (non-hydrogen) atoms. The molecule has 0 saturated carbocycles. The summed E-state index contributed by atoms with van der Waals surface area (Å²) in [5.41, 5.74) is 1.13. The zero-order valence-corrected chi connectivity index (χ0v) is 19.7. The molecule has 1 aromatic carbocycles. The predicted molar refractivity (Wildman–Crippen MR) is 122 cm³/mol. The highest BCUT2D eigenvalue weighted by Crippen LogP contribution is 2.19. The molecule has 2 unspecified atom stereocenters. The standard InChI is InChI=1S/C19H31N3O3S.HI/c1-14(2)12-25-18-7-5-17(6-8-18)15(3)22-19(20-4)21-11-16-9-10-26(23,24)13-16;/h5-8,14-16H,9-13H2,1-4H3,(H2,20,21,22);1H. The van der Waals surface area contributed by atoms with E-state index in [4.69, 9.17) is 4.74 Å². The SMILES string of the molecule is CN=C(NCC1CCS(=O)(=O)C1)NC(C)c1ccc(OCC(C)C)cc1.I. The maximum atomic E-state index is 11.5. The number of benzene rings is 1. The molecule has 0 bridgehead atoms. The number of hydrogen-bond acceptors (Lipinski definition) is 4. The van der Waals surface area contributed by atoms with Crippen LogP contribution in [0.5, 0.6) is 5.75 Å².